The van der Waals surface area contributed by atoms with Gasteiger partial charge in [-0.2, -0.15) is 0 Å². The Morgan fingerprint density at radius 2 is 2.12 bits per heavy atom. The third-order valence-electron chi connectivity index (χ3n) is 3.17. The second-order valence-corrected chi connectivity index (χ2v) is 5.53. The third-order valence-corrected chi connectivity index (χ3v) is 3.17. The van der Waals surface area contributed by atoms with Gasteiger partial charge in [0.1, 0.15) is 0 Å². The third kappa shape index (κ3) is 4.34. The zero-order valence-electron chi connectivity index (χ0n) is 10.8. The lowest BCUT2D eigenvalue weighted by atomic mass is 9.87. The average Bonchev–Trinajstić information content (AvgIpc) is 2.15. The second kappa shape index (κ2) is 5.49. The summed E-state index contributed by atoms with van der Waals surface area (Å²) in [4.78, 5) is 24.8. The number of rotatable bonds is 4. The largest absolute Gasteiger partial charge is 0.481 e. The first-order chi connectivity index (χ1) is 7.81. The molecule has 1 aliphatic rings. The van der Waals surface area contributed by atoms with E-state index < -0.39 is 11.4 Å². The molecule has 0 spiro atoms. The van der Waals surface area contributed by atoms with E-state index in [0.29, 0.717) is 0 Å². The van der Waals surface area contributed by atoms with E-state index in [9.17, 15) is 9.59 Å². The molecule has 5 heteroatoms. The van der Waals surface area contributed by atoms with Gasteiger partial charge < -0.3 is 15.3 Å². The van der Waals surface area contributed by atoms with E-state index in [2.05, 4.69) is 10.2 Å². The van der Waals surface area contributed by atoms with Gasteiger partial charge in [0.2, 0.25) is 5.91 Å². The summed E-state index contributed by atoms with van der Waals surface area (Å²) in [6.07, 6.45) is 1.90. The fourth-order valence-electron chi connectivity index (χ4n) is 2.12. The molecule has 1 amide bonds. The molecule has 0 aromatic rings. The van der Waals surface area contributed by atoms with Gasteiger partial charge in [-0.1, -0.05) is 13.8 Å². The summed E-state index contributed by atoms with van der Waals surface area (Å²) < 4.78 is 0. The van der Waals surface area contributed by atoms with Crippen LogP contribution in [0.1, 0.15) is 33.1 Å². The van der Waals surface area contributed by atoms with Gasteiger partial charge in [-0.15, -0.1) is 0 Å². The van der Waals surface area contributed by atoms with Crippen LogP contribution in [0, 0.1) is 5.41 Å². The first kappa shape index (κ1) is 14.0. The number of aliphatic carboxylic acids is 1. The van der Waals surface area contributed by atoms with Crippen molar-refractivity contribution in [1.82, 2.24) is 10.2 Å². The van der Waals surface area contributed by atoms with E-state index in [1.54, 1.807) is 13.8 Å². The Bertz CT molecular complexity index is 302. The monoisotopic (exact) mass is 242 g/mol. The number of hydrogen-bond acceptors (Lipinski definition) is 3. The molecule has 1 aliphatic heterocycles. The molecular formula is C12H22N2O3. The van der Waals surface area contributed by atoms with Crippen LogP contribution in [-0.4, -0.2) is 48.1 Å². The standard InChI is InChI=1S/C12H22N2O3/c1-12(2,7-10(15)16)11(17)13-9-5-4-6-14(3)8-9/h9H,4-8H2,1-3H3,(H,13,17)(H,15,16). The molecule has 1 rings (SSSR count). The molecule has 0 radical (unpaired) electrons. The summed E-state index contributed by atoms with van der Waals surface area (Å²) in [5.74, 6) is -1.11. The fraction of sp³-hybridized carbons (Fsp3) is 0.833. The van der Waals surface area contributed by atoms with Crippen LogP contribution >= 0.6 is 0 Å². The molecule has 0 bridgehead atoms. The number of nitrogens with zero attached hydrogens (tertiary/aromatic N) is 1. The van der Waals surface area contributed by atoms with Gasteiger partial charge >= 0.3 is 5.97 Å². The number of likely N-dealkylation sites (N-methyl/N-ethyl adjacent to an activating group) is 1. The zero-order valence-corrected chi connectivity index (χ0v) is 10.8. The normalized spacial score (nSPS) is 22.2. The van der Waals surface area contributed by atoms with Gasteiger partial charge in [-0.05, 0) is 26.4 Å². The van der Waals surface area contributed by atoms with Crippen LogP contribution in [0.3, 0.4) is 0 Å². The van der Waals surface area contributed by atoms with Crippen molar-refractivity contribution in [3.63, 3.8) is 0 Å². The van der Waals surface area contributed by atoms with Gasteiger partial charge in [0.15, 0.2) is 0 Å². The molecular weight excluding hydrogens is 220 g/mol. The Balaban J connectivity index is 2.50. The van der Waals surface area contributed by atoms with Crippen molar-refractivity contribution < 1.29 is 14.7 Å². The van der Waals surface area contributed by atoms with Crippen molar-refractivity contribution in [2.45, 2.75) is 39.2 Å². The van der Waals surface area contributed by atoms with Gasteiger partial charge in [-0.25, -0.2) is 0 Å². The SMILES string of the molecule is CN1CCCC(NC(=O)C(C)(C)CC(=O)O)C1. The highest BCUT2D eigenvalue weighted by atomic mass is 16.4. The van der Waals surface area contributed by atoms with Crippen LogP contribution < -0.4 is 5.32 Å². The molecule has 1 fully saturated rings. The van der Waals surface area contributed by atoms with Crippen LogP contribution in [0.15, 0.2) is 0 Å². The van der Waals surface area contributed by atoms with Crippen LogP contribution in [-0.2, 0) is 9.59 Å². The number of likely N-dealkylation sites (tertiary alicyclic amines) is 1. The smallest absolute Gasteiger partial charge is 0.304 e. The predicted molar refractivity (Wildman–Crippen MR) is 64.7 cm³/mol. The molecule has 98 valence electrons. The summed E-state index contributed by atoms with van der Waals surface area (Å²) in [5.41, 5.74) is -0.845. The maximum Gasteiger partial charge on any atom is 0.304 e. The van der Waals surface area contributed by atoms with E-state index in [1.807, 2.05) is 7.05 Å². The molecule has 1 atom stereocenters. The molecule has 2 N–H and O–H groups in total. The van der Waals surface area contributed by atoms with Crippen molar-refractivity contribution >= 4 is 11.9 Å². The van der Waals surface area contributed by atoms with E-state index in [0.717, 1.165) is 25.9 Å². The van der Waals surface area contributed by atoms with Crippen LogP contribution in [0.2, 0.25) is 0 Å². The summed E-state index contributed by atoms with van der Waals surface area (Å²) >= 11 is 0. The molecule has 1 heterocycles. The number of amides is 1. The minimum Gasteiger partial charge on any atom is -0.481 e. The number of hydrogen-bond donors (Lipinski definition) is 2. The Morgan fingerprint density at radius 1 is 1.47 bits per heavy atom. The summed E-state index contributed by atoms with van der Waals surface area (Å²) in [6.45, 7) is 5.24. The highest BCUT2D eigenvalue weighted by molar-refractivity contribution is 5.86. The molecule has 0 saturated carbocycles. The zero-order chi connectivity index (χ0) is 13.1. The molecule has 17 heavy (non-hydrogen) atoms. The predicted octanol–water partition coefficient (Wildman–Crippen LogP) is 0.698. The number of carbonyl (C=O) groups is 2. The highest BCUT2D eigenvalue weighted by Crippen LogP contribution is 2.21. The van der Waals surface area contributed by atoms with Crippen LogP contribution in [0.25, 0.3) is 0 Å². The molecule has 1 saturated heterocycles. The van der Waals surface area contributed by atoms with Crippen molar-refractivity contribution in [2.75, 3.05) is 20.1 Å². The first-order valence-electron chi connectivity index (χ1n) is 6.02. The summed E-state index contributed by atoms with van der Waals surface area (Å²) in [5, 5.41) is 11.7. The van der Waals surface area contributed by atoms with E-state index in [-0.39, 0.29) is 18.4 Å². The molecule has 0 aromatic carbocycles. The first-order valence-corrected chi connectivity index (χ1v) is 6.02. The lowest BCUT2D eigenvalue weighted by molar-refractivity contribution is -0.144. The number of nitrogens with one attached hydrogen (secondary N) is 1. The van der Waals surface area contributed by atoms with Gasteiger partial charge in [0, 0.05) is 12.6 Å². The quantitative estimate of drug-likeness (QED) is 0.761. The Kier molecular flexibility index (Phi) is 4.51. The molecule has 0 aromatic heterocycles. The lowest BCUT2D eigenvalue weighted by Crippen LogP contribution is -2.50. The number of piperidine rings is 1. The topological polar surface area (TPSA) is 69.6 Å². The maximum absolute atomic E-state index is 12.0. The maximum atomic E-state index is 12.0. The minimum absolute atomic E-state index is 0.138. The van der Waals surface area contributed by atoms with Crippen molar-refractivity contribution in [1.29, 1.82) is 0 Å². The minimum atomic E-state index is -0.939. The molecule has 1 unspecified atom stereocenters. The summed E-state index contributed by atoms with van der Waals surface area (Å²) in [7, 11) is 2.03. The highest BCUT2D eigenvalue weighted by Gasteiger charge is 2.32. The van der Waals surface area contributed by atoms with Gasteiger partial charge in [0.25, 0.3) is 0 Å². The van der Waals surface area contributed by atoms with Crippen molar-refractivity contribution in [3.05, 3.63) is 0 Å². The van der Waals surface area contributed by atoms with E-state index >= 15 is 0 Å². The van der Waals surface area contributed by atoms with E-state index in [1.165, 1.54) is 0 Å². The Morgan fingerprint density at radius 3 is 2.65 bits per heavy atom. The lowest BCUT2D eigenvalue weighted by Gasteiger charge is -2.32. The van der Waals surface area contributed by atoms with E-state index in [4.69, 9.17) is 5.11 Å². The molecule has 0 aliphatic carbocycles. The Hall–Kier alpha value is -1.10. The van der Waals surface area contributed by atoms with Crippen molar-refractivity contribution in [3.8, 4) is 0 Å². The number of carboxylic acids is 1. The van der Waals surface area contributed by atoms with Crippen LogP contribution in [0.4, 0.5) is 0 Å². The number of carbonyl (C=O) groups excluding carboxylic acids is 1. The van der Waals surface area contributed by atoms with Gasteiger partial charge in [0.05, 0.1) is 11.8 Å². The Labute approximate surface area is 102 Å². The van der Waals surface area contributed by atoms with Crippen LogP contribution in [0.5, 0.6) is 0 Å². The summed E-state index contributed by atoms with van der Waals surface area (Å²) in [6, 6.07) is 0.148. The number of carboxylic acid groups (broad SMARTS) is 1. The van der Waals surface area contributed by atoms with Crippen molar-refractivity contribution in [2.24, 2.45) is 5.41 Å². The fourth-order valence-corrected chi connectivity index (χ4v) is 2.12. The van der Waals surface area contributed by atoms with Gasteiger partial charge in [-0.3, -0.25) is 9.59 Å². The average molecular weight is 242 g/mol. The second-order valence-electron chi connectivity index (χ2n) is 5.53. The molecule has 5 nitrogen and oxygen atoms in total.